The molecule has 2 N–H and O–H groups in total. The molecule has 0 fully saturated rings. The maximum Gasteiger partial charge on any atom is 0.322 e. The fourth-order valence-electron chi connectivity index (χ4n) is 3.62. The summed E-state index contributed by atoms with van der Waals surface area (Å²) in [5, 5.41) is 2.89. The van der Waals surface area contributed by atoms with E-state index in [9.17, 15) is 22.8 Å². The molecule has 0 bridgehead atoms. The summed E-state index contributed by atoms with van der Waals surface area (Å²) in [4.78, 5) is 29.1. The first-order chi connectivity index (χ1) is 14.3. The third-order valence-corrected chi connectivity index (χ3v) is 5.24. The Morgan fingerprint density at radius 1 is 1.13 bits per heavy atom. The molecular formula is C21H18F3N3O3. The molecular weight excluding hydrogens is 399 g/mol. The van der Waals surface area contributed by atoms with E-state index in [4.69, 9.17) is 4.74 Å². The molecule has 0 aliphatic carbocycles. The van der Waals surface area contributed by atoms with Crippen LogP contribution < -0.4 is 10.9 Å². The van der Waals surface area contributed by atoms with Crippen LogP contribution in [0, 0.1) is 24.4 Å². The van der Waals surface area contributed by atoms with E-state index in [0.717, 1.165) is 12.1 Å². The molecule has 156 valence electrons. The highest BCUT2D eigenvalue weighted by Gasteiger charge is 2.31. The number of likely N-dealkylation sites (N-methyl/N-ethyl adjacent to an activating group) is 1. The normalized spacial score (nSPS) is 15.7. The van der Waals surface area contributed by atoms with Crippen LogP contribution in [0.4, 0.5) is 23.7 Å². The predicted molar refractivity (Wildman–Crippen MR) is 105 cm³/mol. The van der Waals surface area contributed by atoms with Gasteiger partial charge in [-0.25, -0.2) is 18.0 Å². The van der Waals surface area contributed by atoms with E-state index >= 15 is 0 Å². The molecule has 0 saturated heterocycles. The van der Waals surface area contributed by atoms with Crippen molar-refractivity contribution < 1.29 is 22.7 Å². The first-order valence-electron chi connectivity index (χ1n) is 9.17. The Morgan fingerprint density at radius 2 is 1.83 bits per heavy atom. The second-order valence-electron chi connectivity index (χ2n) is 7.19. The van der Waals surface area contributed by atoms with E-state index in [0.29, 0.717) is 22.5 Å². The maximum absolute atomic E-state index is 14.0. The zero-order valence-corrected chi connectivity index (χ0v) is 16.2. The van der Waals surface area contributed by atoms with Crippen molar-refractivity contribution in [1.29, 1.82) is 0 Å². The van der Waals surface area contributed by atoms with Crippen molar-refractivity contribution in [3.8, 4) is 0 Å². The topological polar surface area (TPSA) is 74.4 Å². The smallest absolute Gasteiger partial charge is 0.322 e. The number of urea groups is 1. The molecule has 6 nitrogen and oxygen atoms in total. The molecule has 9 heteroatoms. The SMILES string of the molecule is Cc1cc(NC(=O)N(C)[C@@H]2COCc3[nH]c(=O)c4cc(F)c(F)cc4c32)ccc1F. The van der Waals surface area contributed by atoms with Crippen LogP contribution in [-0.4, -0.2) is 29.6 Å². The van der Waals surface area contributed by atoms with Crippen molar-refractivity contribution >= 4 is 22.5 Å². The van der Waals surface area contributed by atoms with Gasteiger partial charge in [-0.05, 0) is 48.2 Å². The maximum atomic E-state index is 14.0. The Balaban J connectivity index is 1.73. The van der Waals surface area contributed by atoms with Gasteiger partial charge in [-0.1, -0.05) is 0 Å². The summed E-state index contributed by atoms with van der Waals surface area (Å²) in [6.45, 7) is 1.75. The van der Waals surface area contributed by atoms with Crippen molar-refractivity contribution in [3.63, 3.8) is 0 Å². The second-order valence-corrected chi connectivity index (χ2v) is 7.19. The summed E-state index contributed by atoms with van der Waals surface area (Å²) in [5.41, 5.74) is 1.10. The van der Waals surface area contributed by atoms with Crippen molar-refractivity contribution in [3.05, 3.63) is 75.0 Å². The quantitative estimate of drug-likeness (QED) is 0.662. The first-order valence-corrected chi connectivity index (χ1v) is 9.17. The molecule has 0 spiro atoms. The minimum Gasteiger partial charge on any atom is -0.373 e. The molecule has 1 aromatic heterocycles. The van der Waals surface area contributed by atoms with Crippen molar-refractivity contribution in [2.24, 2.45) is 0 Å². The number of ether oxygens (including phenoxy) is 1. The lowest BCUT2D eigenvalue weighted by atomic mass is 9.95. The number of carbonyl (C=O) groups is 1. The number of amides is 2. The molecule has 4 rings (SSSR count). The van der Waals surface area contributed by atoms with Gasteiger partial charge in [0.1, 0.15) is 5.82 Å². The molecule has 2 heterocycles. The molecule has 3 aromatic rings. The number of hydrogen-bond donors (Lipinski definition) is 2. The van der Waals surface area contributed by atoms with Gasteiger partial charge in [0, 0.05) is 24.0 Å². The number of carbonyl (C=O) groups excluding carboxylic acids is 1. The number of aryl methyl sites for hydroxylation is 1. The van der Waals surface area contributed by atoms with E-state index < -0.39 is 29.3 Å². The van der Waals surface area contributed by atoms with E-state index in [2.05, 4.69) is 10.3 Å². The number of benzene rings is 2. The number of aromatic nitrogens is 1. The minimum atomic E-state index is -1.13. The van der Waals surface area contributed by atoms with Crippen LogP contribution in [0.3, 0.4) is 0 Å². The lowest BCUT2D eigenvalue weighted by Crippen LogP contribution is -2.39. The van der Waals surface area contributed by atoms with Gasteiger partial charge >= 0.3 is 6.03 Å². The van der Waals surface area contributed by atoms with Crippen LogP contribution in [-0.2, 0) is 11.3 Å². The Kier molecular flexibility index (Phi) is 4.98. The predicted octanol–water partition coefficient (Wildman–Crippen LogP) is 3.99. The van der Waals surface area contributed by atoms with Gasteiger partial charge in [0.05, 0.1) is 24.6 Å². The highest BCUT2D eigenvalue weighted by atomic mass is 19.2. The van der Waals surface area contributed by atoms with E-state index in [1.807, 2.05) is 0 Å². The standard InChI is InChI=1S/C21H18F3N3O3/c1-10-5-11(3-4-14(10)22)25-21(29)27(2)18-9-30-8-17-19(18)12-6-15(23)16(24)7-13(12)20(28)26-17/h3-7,18H,8-9H2,1-2H3,(H,25,29)(H,26,28)/t18-/m1/s1. The van der Waals surface area contributed by atoms with E-state index in [1.54, 1.807) is 6.92 Å². The number of halogens is 3. The summed E-state index contributed by atoms with van der Waals surface area (Å²) in [5.74, 6) is -2.61. The molecule has 2 aromatic carbocycles. The largest absolute Gasteiger partial charge is 0.373 e. The monoisotopic (exact) mass is 417 g/mol. The minimum absolute atomic E-state index is 0.0116. The number of nitrogens with one attached hydrogen (secondary N) is 2. The average molecular weight is 417 g/mol. The summed E-state index contributed by atoms with van der Waals surface area (Å²) in [6.07, 6.45) is 0. The average Bonchev–Trinajstić information content (AvgIpc) is 2.71. The Labute approximate surface area is 169 Å². The second kappa shape index (κ2) is 7.49. The van der Waals surface area contributed by atoms with E-state index in [1.165, 1.54) is 30.1 Å². The van der Waals surface area contributed by atoms with Gasteiger partial charge in [-0.15, -0.1) is 0 Å². The molecule has 1 aliphatic heterocycles. The number of pyridine rings is 1. The summed E-state index contributed by atoms with van der Waals surface area (Å²) < 4.78 is 46.6. The highest BCUT2D eigenvalue weighted by Crippen LogP contribution is 2.34. The fraction of sp³-hybridized carbons (Fsp3) is 0.238. The van der Waals surface area contributed by atoms with Crippen LogP contribution in [0.2, 0.25) is 0 Å². The summed E-state index contributed by atoms with van der Waals surface area (Å²) in [7, 11) is 1.52. The Morgan fingerprint density at radius 3 is 2.53 bits per heavy atom. The lowest BCUT2D eigenvalue weighted by molar-refractivity contribution is 0.0527. The number of anilines is 1. The van der Waals surface area contributed by atoms with Crippen LogP contribution in [0.25, 0.3) is 10.8 Å². The van der Waals surface area contributed by atoms with Crippen molar-refractivity contribution in [2.45, 2.75) is 19.6 Å². The zero-order chi connectivity index (χ0) is 21.6. The Hall–Kier alpha value is -3.33. The number of hydrogen-bond acceptors (Lipinski definition) is 3. The molecule has 1 atom stereocenters. The summed E-state index contributed by atoms with van der Waals surface area (Å²) in [6, 6.07) is 4.81. The van der Waals surface area contributed by atoms with Crippen LogP contribution >= 0.6 is 0 Å². The molecule has 1 aliphatic rings. The van der Waals surface area contributed by atoms with Gasteiger partial charge in [0.2, 0.25) is 0 Å². The van der Waals surface area contributed by atoms with E-state index in [-0.39, 0.29) is 29.8 Å². The molecule has 30 heavy (non-hydrogen) atoms. The lowest BCUT2D eigenvalue weighted by Gasteiger charge is -2.33. The van der Waals surface area contributed by atoms with Gasteiger partial charge < -0.3 is 19.9 Å². The third kappa shape index (κ3) is 3.41. The van der Waals surface area contributed by atoms with Gasteiger partial charge in [0.25, 0.3) is 5.56 Å². The highest BCUT2D eigenvalue weighted by molar-refractivity contribution is 5.91. The van der Waals surface area contributed by atoms with Gasteiger partial charge in [-0.2, -0.15) is 0 Å². The van der Waals surface area contributed by atoms with Crippen molar-refractivity contribution in [2.75, 3.05) is 19.0 Å². The molecule has 2 amide bonds. The Bertz CT molecular complexity index is 1230. The van der Waals surface area contributed by atoms with Gasteiger partial charge in [-0.3, -0.25) is 4.79 Å². The number of nitrogens with zero attached hydrogens (tertiary/aromatic N) is 1. The molecule has 0 radical (unpaired) electrons. The summed E-state index contributed by atoms with van der Waals surface area (Å²) >= 11 is 0. The third-order valence-electron chi connectivity index (χ3n) is 5.24. The number of aromatic amines is 1. The van der Waals surface area contributed by atoms with Crippen LogP contribution in [0.15, 0.2) is 35.1 Å². The molecule has 0 saturated carbocycles. The van der Waals surface area contributed by atoms with Crippen LogP contribution in [0.1, 0.15) is 22.9 Å². The van der Waals surface area contributed by atoms with Crippen molar-refractivity contribution in [1.82, 2.24) is 9.88 Å². The van der Waals surface area contributed by atoms with Gasteiger partial charge in [0.15, 0.2) is 11.6 Å². The number of rotatable bonds is 2. The first kappa shape index (κ1) is 20.0. The molecule has 0 unspecified atom stereocenters. The zero-order valence-electron chi connectivity index (χ0n) is 16.2. The number of H-pyrrole nitrogens is 1. The number of fused-ring (bicyclic) bond motifs is 3. The van der Waals surface area contributed by atoms with Crippen LogP contribution in [0.5, 0.6) is 0 Å². The fourth-order valence-corrected chi connectivity index (χ4v) is 3.62.